The average molecular weight is 700 g/mol. The van der Waals surface area contributed by atoms with Gasteiger partial charge in [-0.15, -0.1) is 0 Å². The third-order valence-corrected chi connectivity index (χ3v) is 11.0. The molecule has 0 spiro atoms. The summed E-state index contributed by atoms with van der Waals surface area (Å²) in [4.78, 5) is 10.8. The number of rotatable bonds is 5. The molecule has 9 aromatic carbocycles. The van der Waals surface area contributed by atoms with E-state index < -0.39 is 0 Å². The number of hydrogen-bond donors (Lipinski definition) is 0. The van der Waals surface area contributed by atoms with Gasteiger partial charge < -0.3 is 4.57 Å². The number of hydrogen-bond acceptors (Lipinski definition) is 2. The van der Waals surface area contributed by atoms with E-state index in [-0.39, 0.29) is 0 Å². The molecule has 3 nitrogen and oxygen atoms in total. The predicted molar refractivity (Wildman–Crippen MR) is 231 cm³/mol. The van der Waals surface area contributed by atoms with Crippen molar-refractivity contribution in [1.29, 1.82) is 0 Å². The summed E-state index contributed by atoms with van der Waals surface area (Å²) in [6, 6.07) is 71.3. The van der Waals surface area contributed by atoms with Gasteiger partial charge in [0.25, 0.3) is 0 Å². The van der Waals surface area contributed by atoms with Gasteiger partial charge in [-0.3, -0.25) is 0 Å². The van der Waals surface area contributed by atoms with Gasteiger partial charge >= 0.3 is 0 Å². The highest BCUT2D eigenvalue weighted by Crippen LogP contribution is 2.41. The monoisotopic (exact) mass is 699 g/mol. The van der Waals surface area contributed by atoms with Crippen LogP contribution in [0, 0.1) is 0 Å². The van der Waals surface area contributed by atoms with E-state index in [4.69, 9.17) is 9.97 Å². The van der Waals surface area contributed by atoms with Crippen LogP contribution in [0.25, 0.3) is 105 Å². The molecule has 256 valence electrons. The van der Waals surface area contributed by atoms with Gasteiger partial charge in [0.2, 0.25) is 0 Å². The van der Waals surface area contributed by atoms with Gasteiger partial charge in [-0.1, -0.05) is 170 Å². The number of nitrogens with zero attached hydrogens (tertiary/aromatic N) is 3. The van der Waals surface area contributed by atoms with Gasteiger partial charge in [-0.2, -0.15) is 0 Å². The molecule has 55 heavy (non-hydrogen) atoms. The van der Waals surface area contributed by atoms with Gasteiger partial charge in [0.15, 0.2) is 0 Å². The first-order valence-electron chi connectivity index (χ1n) is 18.7. The Morgan fingerprint density at radius 3 is 1.24 bits per heavy atom. The standard InChI is InChI=1S/C52H33N3/c1-3-11-34(12-4-1)36-19-23-40(24-20-36)51-52(41-25-21-37(22-26-41)35-13-5-2-6-14-35)54-46-33-42(29-30-45(46)53-51)55-47-31-27-38-15-7-9-17-43(38)49(47)50-44-18-10-8-16-39(44)28-32-48(50)55/h1-33H. The SMILES string of the molecule is c1ccc(-c2ccc(-c3nc4ccc(-n5c6ccc7ccccc7c6c6c7ccccc7ccc65)cc4nc3-c3ccc(-c4ccccc4)cc3)cc2)cc1. The molecule has 0 aliphatic heterocycles. The molecule has 0 saturated carbocycles. The Hall–Kier alpha value is -7.36. The number of fused-ring (bicyclic) bond motifs is 8. The van der Waals surface area contributed by atoms with Crippen LogP contribution >= 0.6 is 0 Å². The summed E-state index contributed by atoms with van der Waals surface area (Å²) in [6.45, 7) is 0. The third-order valence-electron chi connectivity index (χ3n) is 11.0. The molecular weight excluding hydrogens is 667 g/mol. The van der Waals surface area contributed by atoms with Crippen molar-refractivity contribution in [3.8, 4) is 50.5 Å². The maximum Gasteiger partial charge on any atom is 0.0973 e. The van der Waals surface area contributed by atoms with E-state index >= 15 is 0 Å². The molecule has 11 aromatic rings. The summed E-state index contributed by atoms with van der Waals surface area (Å²) in [7, 11) is 0. The van der Waals surface area contributed by atoms with E-state index in [0.29, 0.717) is 0 Å². The van der Waals surface area contributed by atoms with E-state index in [9.17, 15) is 0 Å². The fourth-order valence-electron chi connectivity index (χ4n) is 8.31. The van der Waals surface area contributed by atoms with Gasteiger partial charge in [0.05, 0.1) is 33.5 Å². The van der Waals surface area contributed by atoms with E-state index in [1.807, 2.05) is 0 Å². The van der Waals surface area contributed by atoms with Crippen LogP contribution in [-0.4, -0.2) is 14.5 Å². The summed E-state index contributed by atoms with van der Waals surface area (Å²) < 4.78 is 2.40. The van der Waals surface area contributed by atoms with Crippen LogP contribution in [0.5, 0.6) is 0 Å². The Morgan fingerprint density at radius 2 is 0.727 bits per heavy atom. The fourth-order valence-corrected chi connectivity index (χ4v) is 8.31. The molecule has 0 unspecified atom stereocenters. The molecule has 2 aromatic heterocycles. The smallest absolute Gasteiger partial charge is 0.0973 e. The Morgan fingerprint density at radius 1 is 0.309 bits per heavy atom. The van der Waals surface area contributed by atoms with Gasteiger partial charge in [0.1, 0.15) is 0 Å². The maximum atomic E-state index is 5.46. The summed E-state index contributed by atoms with van der Waals surface area (Å²) in [6.07, 6.45) is 0. The van der Waals surface area contributed by atoms with E-state index in [1.165, 1.54) is 65.6 Å². The van der Waals surface area contributed by atoms with Crippen LogP contribution in [0.3, 0.4) is 0 Å². The van der Waals surface area contributed by atoms with E-state index in [0.717, 1.165) is 39.2 Å². The molecule has 11 rings (SSSR count). The zero-order chi connectivity index (χ0) is 36.3. The van der Waals surface area contributed by atoms with Crippen LogP contribution in [-0.2, 0) is 0 Å². The average Bonchev–Trinajstić information content (AvgIpc) is 3.62. The minimum Gasteiger partial charge on any atom is -0.309 e. The Kier molecular flexibility index (Phi) is 7.17. The molecule has 0 bridgehead atoms. The maximum absolute atomic E-state index is 5.46. The van der Waals surface area contributed by atoms with E-state index in [2.05, 4.69) is 205 Å². The molecule has 0 aliphatic carbocycles. The first-order chi connectivity index (χ1) is 27.3. The highest BCUT2D eigenvalue weighted by Gasteiger charge is 2.19. The highest BCUT2D eigenvalue weighted by atomic mass is 15.0. The lowest BCUT2D eigenvalue weighted by molar-refractivity contribution is 1.18. The zero-order valence-electron chi connectivity index (χ0n) is 29.9. The summed E-state index contributed by atoms with van der Waals surface area (Å²) in [5.41, 5.74) is 13.6. The minimum atomic E-state index is 0.848. The molecule has 0 aliphatic rings. The second-order valence-electron chi connectivity index (χ2n) is 14.2. The van der Waals surface area contributed by atoms with Crippen molar-refractivity contribution in [3.05, 3.63) is 200 Å². The van der Waals surface area contributed by atoms with Crippen molar-refractivity contribution in [3.63, 3.8) is 0 Å². The Labute approximate surface area is 318 Å². The van der Waals surface area contributed by atoms with Gasteiger partial charge in [0, 0.05) is 27.6 Å². The van der Waals surface area contributed by atoms with Crippen LogP contribution < -0.4 is 0 Å². The first kappa shape index (κ1) is 31.2. The molecule has 3 heteroatoms. The lowest BCUT2D eigenvalue weighted by Crippen LogP contribution is -1.98. The second kappa shape index (κ2) is 12.6. The largest absolute Gasteiger partial charge is 0.309 e. The minimum absolute atomic E-state index is 0.848. The predicted octanol–water partition coefficient (Wildman–Crippen LogP) is 13.7. The van der Waals surface area contributed by atoms with Crippen LogP contribution in [0.15, 0.2) is 200 Å². The normalized spacial score (nSPS) is 11.6. The summed E-state index contributed by atoms with van der Waals surface area (Å²) in [5, 5.41) is 7.51. The topological polar surface area (TPSA) is 30.7 Å². The number of benzene rings is 9. The van der Waals surface area contributed by atoms with Crippen molar-refractivity contribution in [2.75, 3.05) is 0 Å². The molecule has 2 heterocycles. The third kappa shape index (κ3) is 5.20. The second-order valence-corrected chi connectivity index (χ2v) is 14.2. The molecule has 0 atom stereocenters. The Balaban J connectivity index is 1.12. The summed E-state index contributed by atoms with van der Waals surface area (Å²) in [5.74, 6) is 0. The molecule has 0 N–H and O–H groups in total. The van der Waals surface area contributed by atoms with Gasteiger partial charge in [-0.05, 0) is 74.1 Å². The van der Waals surface area contributed by atoms with E-state index in [1.54, 1.807) is 0 Å². The van der Waals surface area contributed by atoms with Crippen LogP contribution in [0.2, 0.25) is 0 Å². The number of aromatic nitrogens is 3. The zero-order valence-corrected chi connectivity index (χ0v) is 29.9. The molecule has 0 saturated heterocycles. The van der Waals surface area contributed by atoms with Crippen molar-refractivity contribution in [2.24, 2.45) is 0 Å². The highest BCUT2D eigenvalue weighted by molar-refractivity contribution is 6.28. The fraction of sp³-hybridized carbons (Fsp3) is 0. The van der Waals surface area contributed by atoms with Crippen molar-refractivity contribution in [1.82, 2.24) is 14.5 Å². The van der Waals surface area contributed by atoms with Gasteiger partial charge in [-0.25, -0.2) is 9.97 Å². The first-order valence-corrected chi connectivity index (χ1v) is 18.7. The summed E-state index contributed by atoms with van der Waals surface area (Å²) >= 11 is 0. The molecule has 0 amide bonds. The molecular formula is C52H33N3. The van der Waals surface area contributed by atoms with Crippen molar-refractivity contribution < 1.29 is 0 Å². The van der Waals surface area contributed by atoms with Crippen molar-refractivity contribution >= 4 is 54.4 Å². The molecule has 0 fully saturated rings. The van der Waals surface area contributed by atoms with Crippen LogP contribution in [0.1, 0.15) is 0 Å². The lowest BCUT2D eigenvalue weighted by atomic mass is 9.98. The van der Waals surface area contributed by atoms with Crippen molar-refractivity contribution in [2.45, 2.75) is 0 Å². The lowest BCUT2D eigenvalue weighted by Gasteiger charge is -2.14. The quantitative estimate of drug-likeness (QED) is 0.179. The Bertz CT molecular complexity index is 3120. The van der Waals surface area contributed by atoms with Crippen LogP contribution in [0.4, 0.5) is 0 Å². The molecule has 0 radical (unpaired) electrons.